The van der Waals surface area contributed by atoms with Crippen molar-refractivity contribution in [2.75, 3.05) is 0 Å². The number of nitrogens with one attached hydrogen (secondary N) is 1. The minimum absolute atomic E-state index is 0.0208. The molecule has 0 aliphatic rings. The molecule has 56 valence electrons. The molecular weight excluding hydrogens is 140 g/mol. The van der Waals surface area contributed by atoms with E-state index in [2.05, 4.69) is 4.98 Å². The zero-order valence-electron chi connectivity index (χ0n) is 6.16. The Labute approximate surface area is 63.3 Å². The lowest BCUT2D eigenvalue weighted by Crippen LogP contribution is -2.15. The summed E-state index contributed by atoms with van der Waals surface area (Å²) in [5, 5.41) is 0.966. The summed E-state index contributed by atoms with van der Waals surface area (Å²) in [6.45, 7) is 0. The molecule has 2 aromatic rings. The van der Waals surface area contributed by atoms with E-state index in [1.54, 1.807) is 24.0 Å². The Hall–Kier alpha value is -1.51. The lowest BCUT2D eigenvalue weighted by molar-refractivity contribution is 0.870. The van der Waals surface area contributed by atoms with Crippen LogP contribution in [-0.2, 0) is 7.05 Å². The molecule has 0 saturated carbocycles. The van der Waals surface area contributed by atoms with Gasteiger partial charge < -0.3 is 9.55 Å². The standard InChI is InChI=1S/C8H8N2O/c1-10-5-3-6-2-4-9-7(6)8(10)11/h2-5,9H,1H3. The first kappa shape index (κ1) is 6.22. The molecule has 3 nitrogen and oxygen atoms in total. The molecule has 0 atom stereocenters. The number of aromatic amines is 1. The van der Waals surface area contributed by atoms with Crippen LogP contribution in [0.25, 0.3) is 10.9 Å². The highest BCUT2D eigenvalue weighted by atomic mass is 16.1. The first-order valence-electron chi connectivity index (χ1n) is 3.42. The van der Waals surface area contributed by atoms with Crippen molar-refractivity contribution in [2.45, 2.75) is 0 Å². The Kier molecular flexibility index (Phi) is 1.12. The number of hydrogen-bond donors (Lipinski definition) is 1. The number of rotatable bonds is 0. The van der Waals surface area contributed by atoms with Crippen LogP contribution in [0.3, 0.4) is 0 Å². The van der Waals surface area contributed by atoms with Crippen LogP contribution in [0.2, 0.25) is 0 Å². The average molecular weight is 148 g/mol. The van der Waals surface area contributed by atoms with Crippen LogP contribution in [0.15, 0.2) is 29.3 Å². The van der Waals surface area contributed by atoms with Crippen LogP contribution >= 0.6 is 0 Å². The molecule has 0 fully saturated rings. The summed E-state index contributed by atoms with van der Waals surface area (Å²) in [7, 11) is 1.74. The number of pyridine rings is 1. The van der Waals surface area contributed by atoms with Gasteiger partial charge in [0.1, 0.15) is 5.52 Å². The third kappa shape index (κ3) is 0.774. The maximum absolute atomic E-state index is 11.3. The molecule has 0 radical (unpaired) electrons. The summed E-state index contributed by atoms with van der Waals surface area (Å²) < 4.78 is 1.55. The van der Waals surface area contributed by atoms with E-state index in [9.17, 15) is 4.79 Å². The zero-order chi connectivity index (χ0) is 7.84. The zero-order valence-corrected chi connectivity index (χ0v) is 6.16. The van der Waals surface area contributed by atoms with Gasteiger partial charge >= 0.3 is 0 Å². The number of nitrogens with zero attached hydrogens (tertiary/aromatic N) is 1. The second-order valence-electron chi connectivity index (χ2n) is 2.54. The van der Waals surface area contributed by atoms with Gasteiger partial charge in [-0.05, 0) is 12.1 Å². The maximum Gasteiger partial charge on any atom is 0.274 e. The molecular formula is C8H8N2O. The third-order valence-electron chi connectivity index (χ3n) is 1.79. The van der Waals surface area contributed by atoms with Crippen LogP contribution in [0.4, 0.5) is 0 Å². The fourth-order valence-electron chi connectivity index (χ4n) is 1.14. The number of H-pyrrole nitrogens is 1. The van der Waals surface area contributed by atoms with Gasteiger partial charge in [0, 0.05) is 24.8 Å². The molecule has 2 aromatic heterocycles. The maximum atomic E-state index is 11.3. The van der Waals surface area contributed by atoms with Gasteiger partial charge in [-0.15, -0.1) is 0 Å². The van der Waals surface area contributed by atoms with E-state index in [4.69, 9.17) is 0 Å². The van der Waals surface area contributed by atoms with Crippen LogP contribution in [0.5, 0.6) is 0 Å². The second kappa shape index (κ2) is 1.99. The smallest absolute Gasteiger partial charge is 0.274 e. The lowest BCUT2D eigenvalue weighted by atomic mass is 10.3. The van der Waals surface area contributed by atoms with E-state index in [1.165, 1.54) is 0 Å². The van der Waals surface area contributed by atoms with Gasteiger partial charge in [0.15, 0.2) is 0 Å². The summed E-state index contributed by atoms with van der Waals surface area (Å²) in [5.41, 5.74) is 0.697. The highest BCUT2D eigenvalue weighted by Crippen LogP contribution is 2.04. The number of aryl methyl sites for hydroxylation is 1. The Balaban J connectivity index is 3.05. The minimum Gasteiger partial charge on any atom is -0.357 e. The molecule has 0 saturated heterocycles. The summed E-state index contributed by atoms with van der Waals surface area (Å²) in [4.78, 5) is 14.2. The molecule has 0 aliphatic carbocycles. The van der Waals surface area contributed by atoms with Gasteiger partial charge in [0.05, 0.1) is 0 Å². The van der Waals surface area contributed by atoms with E-state index in [0.717, 1.165) is 5.39 Å². The van der Waals surface area contributed by atoms with Gasteiger partial charge in [0.25, 0.3) is 5.56 Å². The van der Waals surface area contributed by atoms with Crippen molar-refractivity contribution in [2.24, 2.45) is 7.05 Å². The van der Waals surface area contributed by atoms with E-state index >= 15 is 0 Å². The van der Waals surface area contributed by atoms with Crippen LogP contribution in [0.1, 0.15) is 0 Å². The van der Waals surface area contributed by atoms with Gasteiger partial charge in [-0.1, -0.05) is 0 Å². The number of fused-ring (bicyclic) bond motifs is 1. The van der Waals surface area contributed by atoms with Crippen LogP contribution in [-0.4, -0.2) is 9.55 Å². The predicted molar refractivity (Wildman–Crippen MR) is 43.5 cm³/mol. The van der Waals surface area contributed by atoms with Crippen molar-refractivity contribution < 1.29 is 0 Å². The fourth-order valence-corrected chi connectivity index (χ4v) is 1.14. The van der Waals surface area contributed by atoms with Crippen LogP contribution in [0, 0.1) is 0 Å². The molecule has 0 amide bonds. The summed E-state index contributed by atoms with van der Waals surface area (Å²) in [6, 6.07) is 3.80. The monoisotopic (exact) mass is 148 g/mol. The SMILES string of the molecule is Cn1ccc2cc[nH]c2c1=O. The molecule has 0 spiro atoms. The van der Waals surface area contributed by atoms with Gasteiger partial charge in [-0.25, -0.2) is 0 Å². The predicted octanol–water partition coefficient (Wildman–Crippen LogP) is 0.867. The first-order valence-corrected chi connectivity index (χ1v) is 3.42. The van der Waals surface area contributed by atoms with Crippen molar-refractivity contribution in [3.05, 3.63) is 34.9 Å². The molecule has 11 heavy (non-hydrogen) atoms. The van der Waals surface area contributed by atoms with Crippen molar-refractivity contribution in [3.63, 3.8) is 0 Å². The van der Waals surface area contributed by atoms with Crippen molar-refractivity contribution >= 4 is 10.9 Å². The fraction of sp³-hybridized carbons (Fsp3) is 0.125. The van der Waals surface area contributed by atoms with Gasteiger partial charge in [-0.2, -0.15) is 0 Å². The molecule has 0 bridgehead atoms. The van der Waals surface area contributed by atoms with Crippen molar-refractivity contribution in [1.82, 2.24) is 9.55 Å². The quantitative estimate of drug-likeness (QED) is 0.591. The highest BCUT2D eigenvalue weighted by molar-refractivity contribution is 5.77. The van der Waals surface area contributed by atoms with Crippen molar-refractivity contribution in [1.29, 1.82) is 0 Å². The Bertz CT molecular complexity index is 439. The Morgan fingerprint density at radius 2 is 2.27 bits per heavy atom. The average Bonchev–Trinajstić information content (AvgIpc) is 2.45. The number of hydrogen-bond acceptors (Lipinski definition) is 1. The molecule has 0 unspecified atom stereocenters. The molecule has 0 aliphatic heterocycles. The topological polar surface area (TPSA) is 37.8 Å². The molecule has 3 heteroatoms. The van der Waals surface area contributed by atoms with Gasteiger partial charge in [0.2, 0.25) is 0 Å². The van der Waals surface area contributed by atoms with E-state index in [1.807, 2.05) is 12.1 Å². The molecule has 2 heterocycles. The molecule has 2 rings (SSSR count). The summed E-state index contributed by atoms with van der Waals surface area (Å²) >= 11 is 0. The molecule has 1 N–H and O–H groups in total. The summed E-state index contributed by atoms with van der Waals surface area (Å²) in [6.07, 6.45) is 3.53. The normalized spacial score (nSPS) is 10.6. The minimum atomic E-state index is 0.0208. The van der Waals surface area contributed by atoms with E-state index < -0.39 is 0 Å². The van der Waals surface area contributed by atoms with E-state index in [-0.39, 0.29) is 5.56 Å². The van der Waals surface area contributed by atoms with Crippen molar-refractivity contribution in [3.8, 4) is 0 Å². The van der Waals surface area contributed by atoms with Gasteiger partial charge in [-0.3, -0.25) is 4.79 Å². The van der Waals surface area contributed by atoms with Crippen LogP contribution < -0.4 is 5.56 Å². The number of aromatic nitrogens is 2. The Morgan fingerprint density at radius 1 is 1.45 bits per heavy atom. The second-order valence-corrected chi connectivity index (χ2v) is 2.54. The lowest BCUT2D eigenvalue weighted by Gasteiger charge is -1.94. The largest absolute Gasteiger partial charge is 0.357 e. The van der Waals surface area contributed by atoms with E-state index in [0.29, 0.717) is 5.52 Å². The summed E-state index contributed by atoms with van der Waals surface area (Å²) in [5.74, 6) is 0. The first-order chi connectivity index (χ1) is 5.29. The highest BCUT2D eigenvalue weighted by Gasteiger charge is 1.98. The molecule has 0 aromatic carbocycles. The Morgan fingerprint density at radius 3 is 3.09 bits per heavy atom. The third-order valence-corrected chi connectivity index (χ3v) is 1.79.